The zero-order chi connectivity index (χ0) is 44.5. The molecule has 16 aromatic rings. The molecule has 6 heterocycles. The van der Waals surface area contributed by atoms with Gasteiger partial charge in [0, 0.05) is 88.8 Å². The molecule has 0 aliphatic carbocycles. The summed E-state index contributed by atoms with van der Waals surface area (Å²) in [7, 11) is 0. The van der Waals surface area contributed by atoms with E-state index in [9.17, 15) is 0 Å². The molecule has 0 fully saturated rings. The lowest BCUT2D eigenvalue weighted by molar-refractivity contribution is 1.21. The van der Waals surface area contributed by atoms with Gasteiger partial charge in [-0.15, -0.1) is 22.7 Å². The van der Waals surface area contributed by atoms with Gasteiger partial charge in [-0.2, -0.15) is 0 Å². The van der Waals surface area contributed by atoms with E-state index >= 15 is 9.59 Å². The third kappa shape index (κ3) is 4.72. The number of hydrogen-bond donors (Lipinski definition) is 0. The second-order valence-electron chi connectivity index (χ2n) is 18.2. The third-order valence-electron chi connectivity index (χ3n) is 14.8. The summed E-state index contributed by atoms with van der Waals surface area (Å²) in [5, 5.41) is 14.4. The van der Waals surface area contributed by atoms with Crippen LogP contribution in [0.3, 0.4) is 0 Å². The van der Waals surface area contributed by atoms with Crippen molar-refractivity contribution in [2.24, 2.45) is 0 Å². The number of benzene rings is 10. The van der Waals surface area contributed by atoms with E-state index in [-0.39, 0.29) is 11.1 Å². The molecule has 0 aliphatic rings. The fourth-order valence-corrected chi connectivity index (χ4v) is 14.0. The van der Waals surface area contributed by atoms with E-state index in [1.165, 1.54) is 40.3 Å². The van der Waals surface area contributed by atoms with Crippen LogP contribution in [0.5, 0.6) is 0 Å². The van der Waals surface area contributed by atoms with Crippen LogP contribution in [0.25, 0.3) is 150 Å². The van der Waals surface area contributed by atoms with Gasteiger partial charge in [-0.3, -0.25) is 18.4 Å². The van der Waals surface area contributed by atoms with Crippen molar-refractivity contribution >= 4 is 139 Å². The summed E-state index contributed by atoms with van der Waals surface area (Å²) >= 11 is 3.64. The Morgan fingerprint density at radius 1 is 0.279 bits per heavy atom. The number of rotatable bonds is 3. The van der Waals surface area contributed by atoms with Gasteiger partial charge in [-0.25, -0.2) is 0 Å². The maximum absolute atomic E-state index is 15.1. The molecule has 0 atom stereocenters. The highest BCUT2D eigenvalue weighted by Gasteiger charge is 2.24. The van der Waals surface area contributed by atoms with E-state index in [1.807, 2.05) is 55.7 Å². The van der Waals surface area contributed by atoms with E-state index in [4.69, 9.17) is 0 Å². The Morgan fingerprint density at radius 3 is 1.50 bits per heavy atom. The fraction of sp³-hybridized carbons (Fsp3) is 0. The van der Waals surface area contributed by atoms with Gasteiger partial charge in [-0.1, -0.05) is 121 Å². The van der Waals surface area contributed by atoms with Gasteiger partial charge in [0.1, 0.15) is 0 Å². The minimum atomic E-state index is -0.0534. The lowest BCUT2D eigenvalue weighted by Gasteiger charge is -2.14. The Hall–Kier alpha value is -8.42. The topological polar surface area (TPSA) is 43.0 Å². The summed E-state index contributed by atoms with van der Waals surface area (Å²) < 4.78 is 8.93. The Balaban J connectivity index is 0.957. The first kappa shape index (κ1) is 36.8. The zero-order valence-electron chi connectivity index (χ0n) is 36.0. The van der Waals surface area contributed by atoms with E-state index in [1.54, 1.807) is 0 Å². The van der Waals surface area contributed by atoms with Crippen molar-refractivity contribution in [3.8, 4) is 33.4 Å². The lowest BCUT2D eigenvalue weighted by atomic mass is 9.91. The van der Waals surface area contributed by atoms with Gasteiger partial charge >= 0.3 is 0 Å². The van der Waals surface area contributed by atoms with Gasteiger partial charge in [0.05, 0.1) is 22.1 Å². The van der Waals surface area contributed by atoms with E-state index in [0.717, 1.165) is 98.5 Å². The van der Waals surface area contributed by atoms with E-state index < -0.39 is 0 Å². The number of fused-ring (bicyclic) bond motifs is 16. The minimum Gasteiger partial charge on any atom is -0.275 e. The molecule has 16 rings (SSSR count). The highest BCUT2D eigenvalue weighted by molar-refractivity contribution is 7.26. The number of hydrogen-bond acceptors (Lipinski definition) is 4. The van der Waals surface area contributed by atoms with E-state index in [2.05, 4.69) is 170 Å². The van der Waals surface area contributed by atoms with Gasteiger partial charge in [0.25, 0.3) is 11.1 Å². The first-order chi connectivity index (χ1) is 33.6. The van der Waals surface area contributed by atoms with Crippen LogP contribution in [0.1, 0.15) is 0 Å². The van der Waals surface area contributed by atoms with Crippen LogP contribution in [0.15, 0.2) is 204 Å². The zero-order valence-corrected chi connectivity index (χ0v) is 37.6. The van der Waals surface area contributed by atoms with Gasteiger partial charge in [0.15, 0.2) is 0 Å². The van der Waals surface area contributed by atoms with Crippen molar-refractivity contribution < 1.29 is 0 Å². The third-order valence-corrected chi connectivity index (χ3v) is 17.1. The van der Waals surface area contributed by atoms with Crippen LogP contribution >= 0.6 is 22.7 Å². The number of nitrogens with zero attached hydrogens (tertiary/aromatic N) is 2. The smallest absolute Gasteiger partial charge is 0.263 e. The van der Waals surface area contributed by atoms with Crippen molar-refractivity contribution in [3.63, 3.8) is 0 Å². The molecule has 10 aromatic carbocycles. The molecule has 0 bridgehead atoms. The highest BCUT2D eigenvalue weighted by atomic mass is 32.1. The summed E-state index contributed by atoms with van der Waals surface area (Å²) in [6.45, 7) is 0. The van der Waals surface area contributed by atoms with Crippen LogP contribution < -0.4 is 11.1 Å². The van der Waals surface area contributed by atoms with Crippen molar-refractivity contribution in [2.45, 2.75) is 0 Å². The highest BCUT2D eigenvalue weighted by Crippen LogP contribution is 2.46. The Morgan fingerprint density at radius 2 is 0.765 bits per heavy atom. The van der Waals surface area contributed by atoms with Crippen molar-refractivity contribution in [1.29, 1.82) is 0 Å². The predicted molar refractivity (Wildman–Crippen MR) is 290 cm³/mol. The molecule has 0 unspecified atom stereocenters. The Kier molecular flexibility index (Phi) is 7.10. The number of thiophene rings is 2. The quantitative estimate of drug-likeness (QED) is 0.166. The van der Waals surface area contributed by atoms with E-state index in [0.29, 0.717) is 10.8 Å². The molecule has 0 aliphatic heterocycles. The van der Waals surface area contributed by atoms with Crippen molar-refractivity contribution in [3.05, 3.63) is 215 Å². The molecule has 0 N–H and O–H groups in total. The number of para-hydroxylation sites is 2. The van der Waals surface area contributed by atoms with Gasteiger partial charge < -0.3 is 0 Å². The van der Waals surface area contributed by atoms with Crippen molar-refractivity contribution in [2.75, 3.05) is 0 Å². The van der Waals surface area contributed by atoms with Crippen LogP contribution in [0, 0.1) is 0 Å². The maximum Gasteiger partial charge on any atom is 0.263 e. The first-order valence-electron chi connectivity index (χ1n) is 22.9. The second-order valence-corrected chi connectivity index (χ2v) is 20.4. The monoisotopic (exact) mass is 900 g/mol. The SMILES string of the molecule is O=c1c2cc(-c3cccc4c(=O)n5c6ccccc6c6c(-c7ccc8sc9ccccc9c8c7)ccc(c34)c65)ccc2c2cc(-c3ccc4sc5ccccc5c4c3)cc3c4ccccc4n1c23. The van der Waals surface area contributed by atoms with Crippen LogP contribution in [0.4, 0.5) is 0 Å². The molecule has 6 aromatic heterocycles. The first-order valence-corrected chi connectivity index (χ1v) is 24.5. The Bertz CT molecular complexity index is 5030. The second kappa shape index (κ2) is 13.1. The normalized spacial score (nSPS) is 12.5. The fourth-order valence-electron chi connectivity index (χ4n) is 11.9. The van der Waals surface area contributed by atoms with Crippen LogP contribution in [-0.4, -0.2) is 8.80 Å². The molecule has 0 radical (unpaired) electrons. The van der Waals surface area contributed by atoms with Crippen molar-refractivity contribution in [1.82, 2.24) is 8.80 Å². The summed E-state index contributed by atoms with van der Waals surface area (Å²) in [4.78, 5) is 30.2. The summed E-state index contributed by atoms with van der Waals surface area (Å²) in [5.41, 5.74) is 9.80. The van der Waals surface area contributed by atoms with Crippen LogP contribution in [0.2, 0.25) is 0 Å². The summed E-state index contributed by atoms with van der Waals surface area (Å²) in [5.74, 6) is 0. The molecule has 4 nitrogen and oxygen atoms in total. The number of aromatic nitrogens is 2. The molecule has 0 amide bonds. The van der Waals surface area contributed by atoms with Gasteiger partial charge in [0.2, 0.25) is 0 Å². The standard InChI is InChI=1S/C62H32N2O2S2/c65-61-45-15-9-14-37(57(45)44-25-24-38(58-43-13-2-6-17-52(43)64(61)60(44)58)35-22-27-56-47(29-35)42-12-4-8-19-54(42)68-56)34-20-23-39-48-31-36(33-21-26-55-46(28-33)41-11-3-7-18-53(41)67-55)32-49-40-10-1-5-16-51(40)63(59(48)49)62(66)50(39)30-34/h1-32H. The maximum atomic E-state index is 15.1. The molecule has 0 saturated heterocycles. The molecule has 314 valence electrons. The molecule has 6 heteroatoms. The summed E-state index contributed by atoms with van der Waals surface area (Å²) in [6.07, 6.45) is 0. The molecular weight excluding hydrogens is 869 g/mol. The molecule has 0 saturated carbocycles. The molecule has 0 spiro atoms. The average Bonchev–Trinajstić information content (AvgIpc) is 4.15. The predicted octanol–water partition coefficient (Wildman–Crippen LogP) is 16.4. The van der Waals surface area contributed by atoms with Gasteiger partial charge in [-0.05, 0) is 112 Å². The van der Waals surface area contributed by atoms with Crippen LogP contribution in [-0.2, 0) is 0 Å². The molecular formula is C62H32N2O2S2. The largest absolute Gasteiger partial charge is 0.275 e. The molecule has 68 heavy (non-hydrogen) atoms. The minimum absolute atomic E-state index is 0.0532. The lowest BCUT2D eigenvalue weighted by Crippen LogP contribution is -2.14. The average molecular weight is 901 g/mol. The number of pyridine rings is 2. The summed E-state index contributed by atoms with van der Waals surface area (Å²) in [6, 6.07) is 68.7. The Labute approximate surface area is 393 Å².